The van der Waals surface area contributed by atoms with Crippen molar-refractivity contribution in [2.75, 3.05) is 13.2 Å². The number of hydrogen-bond acceptors (Lipinski definition) is 4. The summed E-state index contributed by atoms with van der Waals surface area (Å²) in [6.45, 7) is 4.98. The molecule has 0 saturated heterocycles. The predicted molar refractivity (Wildman–Crippen MR) is 84.2 cm³/mol. The highest BCUT2D eigenvalue weighted by atomic mass is 16.5. The van der Waals surface area contributed by atoms with Gasteiger partial charge in [-0.2, -0.15) is 5.10 Å². The first-order chi connectivity index (χ1) is 11.1. The molecule has 1 aliphatic heterocycles. The van der Waals surface area contributed by atoms with E-state index < -0.39 is 5.97 Å². The average Bonchev–Trinajstić information content (AvgIpc) is 2.97. The molecule has 0 atom stereocenters. The van der Waals surface area contributed by atoms with Crippen molar-refractivity contribution in [3.63, 3.8) is 0 Å². The molecule has 1 N–H and O–H groups in total. The number of aromatic nitrogens is 2. The molecule has 6 nitrogen and oxygen atoms in total. The van der Waals surface area contributed by atoms with E-state index in [1.807, 2.05) is 31.2 Å². The summed E-state index contributed by atoms with van der Waals surface area (Å²) in [5, 5.41) is 6.94. The molecule has 1 amide bonds. The molecule has 3 rings (SSSR count). The van der Waals surface area contributed by atoms with Crippen LogP contribution in [0.25, 0.3) is 0 Å². The van der Waals surface area contributed by atoms with Crippen molar-refractivity contribution in [1.82, 2.24) is 15.1 Å². The number of nitrogens with one attached hydrogen (secondary N) is 1. The van der Waals surface area contributed by atoms with E-state index in [-0.39, 0.29) is 11.6 Å². The second-order valence-corrected chi connectivity index (χ2v) is 5.60. The molecule has 2 aromatic rings. The molecule has 1 aliphatic rings. The molecule has 0 fully saturated rings. The Balaban J connectivity index is 1.83. The summed E-state index contributed by atoms with van der Waals surface area (Å²) in [6.07, 6.45) is 0.652. The van der Waals surface area contributed by atoms with E-state index in [1.165, 1.54) is 0 Å². The lowest BCUT2D eigenvalue weighted by Crippen LogP contribution is -2.36. The third-order valence-corrected chi connectivity index (χ3v) is 3.95. The topological polar surface area (TPSA) is 75.3 Å². The molecule has 0 radical (unpaired) electrons. The van der Waals surface area contributed by atoms with Crippen LogP contribution in [0.3, 0.4) is 0 Å². The van der Waals surface area contributed by atoms with Crippen LogP contribution in [0.2, 0.25) is 0 Å². The molecular weight excluding hydrogens is 294 g/mol. The zero-order valence-electron chi connectivity index (χ0n) is 13.3. The molecule has 0 unspecified atom stereocenters. The second-order valence-electron chi connectivity index (χ2n) is 5.60. The third-order valence-electron chi connectivity index (χ3n) is 3.95. The first-order valence-corrected chi connectivity index (χ1v) is 7.69. The molecule has 23 heavy (non-hydrogen) atoms. The Bertz CT molecular complexity index is 751. The Labute approximate surface area is 134 Å². The van der Waals surface area contributed by atoms with E-state index in [0.717, 1.165) is 16.8 Å². The summed E-state index contributed by atoms with van der Waals surface area (Å²) >= 11 is 0. The van der Waals surface area contributed by atoms with E-state index in [1.54, 1.807) is 11.8 Å². The Kier molecular flexibility index (Phi) is 4.14. The number of ether oxygens (including phenoxy) is 1. The van der Waals surface area contributed by atoms with Crippen LogP contribution in [-0.2, 0) is 17.7 Å². The van der Waals surface area contributed by atoms with Gasteiger partial charge in [0.2, 0.25) is 0 Å². The van der Waals surface area contributed by atoms with E-state index in [4.69, 9.17) is 4.74 Å². The number of fused-ring (bicyclic) bond motifs is 1. The Morgan fingerprint density at radius 1 is 1.39 bits per heavy atom. The van der Waals surface area contributed by atoms with Gasteiger partial charge in [0.05, 0.1) is 13.2 Å². The van der Waals surface area contributed by atoms with Gasteiger partial charge in [-0.3, -0.25) is 9.89 Å². The molecule has 0 aliphatic carbocycles. The normalized spacial score (nSPS) is 13.6. The van der Waals surface area contributed by atoms with Crippen LogP contribution in [0, 0.1) is 6.92 Å². The van der Waals surface area contributed by atoms with Crippen molar-refractivity contribution in [3.05, 3.63) is 52.3 Å². The summed E-state index contributed by atoms with van der Waals surface area (Å²) in [4.78, 5) is 26.4. The summed E-state index contributed by atoms with van der Waals surface area (Å²) in [5.74, 6) is -0.481. The lowest BCUT2D eigenvalue weighted by molar-refractivity contribution is 0.0513. The molecule has 0 bridgehead atoms. The number of aromatic amines is 1. The quantitative estimate of drug-likeness (QED) is 0.881. The maximum absolute atomic E-state index is 12.7. The number of hydrogen-bond donors (Lipinski definition) is 1. The minimum absolute atomic E-state index is 0.0321. The zero-order valence-corrected chi connectivity index (χ0v) is 13.3. The van der Waals surface area contributed by atoms with Crippen LogP contribution in [0.4, 0.5) is 0 Å². The van der Waals surface area contributed by atoms with Crippen LogP contribution < -0.4 is 0 Å². The maximum Gasteiger partial charge on any atom is 0.359 e. The Morgan fingerprint density at radius 2 is 2.22 bits per heavy atom. The van der Waals surface area contributed by atoms with Crippen LogP contribution in [0.1, 0.15) is 44.6 Å². The van der Waals surface area contributed by atoms with Crippen molar-refractivity contribution in [2.24, 2.45) is 0 Å². The zero-order chi connectivity index (χ0) is 16.4. The SMILES string of the molecule is CCOC(=O)c1n[nH]c2c1CN(C(=O)c1cccc(C)c1)CC2. The number of nitrogens with zero attached hydrogens (tertiary/aromatic N) is 2. The number of aryl methyl sites for hydroxylation is 1. The molecule has 120 valence electrons. The van der Waals surface area contributed by atoms with E-state index >= 15 is 0 Å². The van der Waals surface area contributed by atoms with Crippen molar-refractivity contribution in [2.45, 2.75) is 26.8 Å². The first-order valence-electron chi connectivity index (χ1n) is 7.69. The number of carbonyl (C=O) groups is 2. The minimum Gasteiger partial charge on any atom is -0.461 e. The largest absolute Gasteiger partial charge is 0.461 e. The molecule has 6 heteroatoms. The minimum atomic E-state index is -0.449. The highest BCUT2D eigenvalue weighted by Crippen LogP contribution is 2.22. The lowest BCUT2D eigenvalue weighted by Gasteiger charge is -2.27. The molecule has 0 spiro atoms. The van der Waals surface area contributed by atoms with E-state index in [2.05, 4.69) is 10.2 Å². The summed E-state index contributed by atoms with van der Waals surface area (Å²) < 4.78 is 5.02. The number of H-pyrrole nitrogens is 1. The number of rotatable bonds is 3. The third kappa shape index (κ3) is 2.97. The van der Waals surface area contributed by atoms with Crippen molar-refractivity contribution in [1.29, 1.82) is 0 Å². The van der Waals surface area contributed by atoms with Gasteiger partial charge in [0.25, 0.3) is 5.91 Å². The monoisotopic (exact) mass is 313 g/mol. The number of benzene rings is 1. The summed E-state index contributed by atoms with van der Waals surface area (Å²) in [5.41, 5.74) is 3.65. The van der Waals surface area contributed by atoms with Crippen LogP contribution >= 0.6 is 0 Å². The Morgan fingerprint density at radius 3 is 2.96 bits per heavy atom. The fourth-order valence-electron chi connectivity index (χ4n) is 2.80. The molecular formula is C17H19N3O3. The smallest absolute Gasteiger partial charge is 0.359 e. The number of carbonyl (C=O) groups excluding carboxylic acids is 2. The predicted octanol–water partition coefficient (Wildman–Crippen LogP) is 2.09. The van der Waals surface area contributed by atoms with Gasteiger partial charge in [0, 0.05) is 29.8 Å². The van der Waals surface area contributed by atoms with Gasteiger partial charge in [-0.1, -0.05) is 17.7 Å². The van der Waals surface area contributed by atoms with Crippen LogP contribution in [-0.4, -0.2) is 40.1 Å². The second kappa shape index (κ2) is 6.24. The highest BCUT2D eigenvalue weighted by molar-refractivity contribution is 5.95. The van der Waals surface area contributed by atoms with E-state index in [9.17, 15) is 9.59 Å². The molecule has 2 heterocycles. The number of amides is 1. The summed E-state index contributed by atoms with van der Waals surface area (Å²) in [7, 11) is 0. The summed E-state index contributed by atoms with van der Waals surface area (Å²) in [6, 6.07) is 7.52. The van der Waals surface area contributed by atoms with Gasteiger partial charge in [-0.05, 0) is 26.0 Å². The van der Waals surface area contributed by atoms with Gasteiger partial charge < -0.3 is 9.64 Å². The molecule has 1 aromatic carbocycles. The Hall–Kier alpha value is -2.63. The fourth-order valence-corrected chi connectivity index (χ4v) is 2.80. The van der Waals surface area contributed by atoms with Gasteiger partial charge in [-0.15, -0.1) is 0 Å². The van der Waals surface area contributed by atoms with Crippen molar-refractivity contribution < 1.29 is 14.3 Å². The van der Waals surface area contributed by atoms with Gasteiger partial charge >= 0.3 is 5.97 Å². The highest BCUT2D eigenvalue weighted by Gasteiger charge is 2.28. The average molecular weight is 313 g/mol. The van der Waals surface area contributed by atoms with E-state index in [0.29, 0.717) is 31.7 Å². The van der Waals surface area contributed by atoms with Gasteiger partial charge in [0.15, 0.2) is 5.69 Å². The van der Waals surface area contributed by atoms with Crippen LogP contribution in [0.15, 0.2) is 24.3 Å². The molecule has 0 saturated carbocycles. The van der Waals surface area contributed by atoms with Gasteiger partial charge in [0.1, 0.15) is 0 Å². The standard InChI is InChI=1S/C17H19N3O3/c1-3-23-17(22)15-13-10-20(8-7-14(13)18-19-15)16(21)12-6-4-5-11(2)9-12/h4-6,9H,3,7-8,10H2,1-2H3,(H,18,19). The van der Waals surface area contributed by atoms with Crippen molar-refractivity contribution >= 4 is 11.9 Å². The van der Waals surface area contributed by atoms with Crippen LogP contribution in [0.5, 0.6) is 0 Å². The lowest BCUT2D eigenvalue weighted by atomic mass is 10.0. The fraction of sp³-hybridized carbons (Fsp3) is 0.353. The molecule has 1 aromatic heterocycles. The first kappa shape index (κ1) is 15.3. The van der Waals surface area contributed by atoms with Gasteiger partial charge in [-0.25, -0.2) is 4.79 Å². The van der Waals surface area contributed by atoms with Crippen molar-refractivity contribution in [3.8, 4) is 0 Å². The number of esters is 1. The maximum atomic E-state index is 12.7.